The predicted octanol–water partition coefficient (Wildman–Crippen LogP) is 0.735. The van der Waals surface area contributed by atoms with Gasteiger partial charge in [0.25, 0.3) is 0 Å². The van der Waals surface area contributed by atoms with Gasteiger partial charge >= 0.3 is 17.6 Å². The molecule has 0 N–H and O–H groups in total. The summed E-state index contributed by atoms with van der Waals surface area (Å²) in [5.41, 5.74) is 0.341. The summed E-state index contributed by atoms with van der Waals surface area (Å²) in [7, 11) is 1.35. The molecule has 0 saturated carbocycles. The quantitative estimate of drug-likeness (QED) is 0.439. The zero-order valence-electron chi connectivity index (χ0n) is 12.8. The molecule has 0 aliphatic rings. The fourth-order valence-electron chi connectivity index (χ4n) is 1.98. The molecule has 2 rings (SSSR count). The second kappa shape index (κ2) is 7.50. The van der Waals surface area contributed by atoms with E-state index in [0.717, 1.165) is 0 Å². The second-order valence-corrected chi connectivity index (χ2v) is 4.50. The van der Waals surface area contributed by atoms with E-state index in [2.05, 4.69) is 9.72 Å². The molecule has 0 aliphatic heterocycles. The van der Waals surface area contributed by atoms with Crippen LogP contribution in [-0.4, -0.2) is 37.2 Å². The van der Waals surface area contributed by atoms with Crippen LogP contribution in [0.25, 0.3) is 11.0 Å². The molecule has 0 fully saturated rings. The number of para-hydroxylation sites is 2. The predicted molar refractivity (Wildman–Crippen MR) is 78.3 cm³/mol. The molecule has 0 unspecified atom stereocenters. The highest BCUT2D eigenvalue weighted by atomic mass is 16.6. The van der Waals surface area contributed by atoms with E-state index >= 15 is 0 Å². The van der Waals surface area contributed by atoms with E-state index in [1.165, 1.54) is 7.11 Å². The molecule has 2 aromatic rings. The van der Waals surface area contributed by atoms with Crippen LogP contribution in [0.1, 0.15) is 23.1 Å². The van der Waals surface area contributed by atoms with Crippen LogP contribution >= 0.6 is 0 Å². The van der Waals surface area contributed by atoms with E-state index < -0.39 is 11.9 Å². The summed E-state index contributed by atoms with van der Waals surface area (Å²) in [4.78, 5) is 27.7. The SMILES string of the molecule is CCOC(=O)c1c(COC(=O)COC)nc2ccccc2[n+]1[O-]. The summed E-state index contributed by atoms with van der Waals surface area (Å²) in [5, 5.41) is 12.4. The number of methoxy groups -OCH3 is 1. The van der Waals surface area contributed by atoms with E-state index in [9.17, 15) is 14.8 Å². The first kappa shape index (κ1) is 16.6. The molecule has 0 atom stereocenters. The second-order valence-electron chi connectivity index (χ2n) is 4.50. The summed E-state index contributed by atoms with van der Waals surface area (Å²) in [6, 6.07) is 6.53. The monoisotopic (exact) mass is 320 g/mol. The first-order chi connectivity index (χ1) is 11.1. The molecule has 8 heteroatoms. The molecule has 1 aromatic carbocycles. The van der Waals surface area contributed by atoms with Gasteiger partial charge in [-0.2, -0.15) is 4.73 Å². The fourth-order valence-corrected chi connectivity index (χ4v) is 1.98. The Morgan fingerprint density at radius 3 is 2.70 bits per heavy atom. The highest BCUT2D eigenvalue weighted by Crippen LogP contribution is 2.13. The maximum atomic E-state index is 12.4. The minimum Gasteiger partial charge on any atom is -0.618 e. The van der Waals surface area contributed by atoms with Crippen molar-refractivity contribution in [2.75, 3.05) is 20.3 Å². The van der Waals surface area contributed by atoms with Crippen LogP contribution in [0.3, 0.4) is 0 Å². The van der Waals surface area contributed by atoms with Gasteiger partial charge in [-0.15, -0.1) is 0 Å². The standard InChI is InChI=1S/C15H16N2O6/c1-3-22-15(19)14-11(8-23-13(18)9-21-2)16-10-6-4-5-7-12(10)17(14)20/h4-7H,3,8-9H2,1-2H3. The minimum absolute atomic E-state index is 0.0293. The van der Waals surface area contributed by atoms with Gasteiger partial charge in [0, 0.05) is 13.2 Å². The molecule has 0 aliphatic carbocycles. The first-order valence-electron chi connectivity index (χ1n) is 6.91. The molecule has 8 nitrogen and oxygen atoms in total. The van der Waals surface area contributed by atoms with Gasteiger partial charge in [0.05, 0.1) is 6.61 Å². The fraction of sp³-hybridized carbons (Fsp3) is 0.333. The van der Waals surface area contributed by atoms with Crippen LogP contribution < -0.4 is 4.73 Å². The molecule has 0 radical (unpaired) electrons. The van der Waals surface area contributed by atoms with E-state index in [4.69, 9.17) is 9.47 Å². The summed E-state index contributed by atoms with van der Waals surface area (Å²) in [6.07, 6.45) is 0. The van der Waals surface area contributed by atoms with Crippen molar-refractivity contribution < 1.29 is 28.5 Å². The minimum atomic E-state index is -0.821. The summed E-state index contributed by atoms with van der Waals surface area (Å²) in [5.74, 6) is -1.45. The van der Waals surface area contributed by atoms with Gasteiger partial charge in [-0.3, -0.25) is 0 Å². The van der Waals surface area contributed by atoms with Crippen LogP contribution in [0.15, 0.2) is 24.3 Å². The highest BCUT2D eigenvalue weighted by molar-refractivity contribution is 5.88. The number of hydrogen-bond acceptors (Lipinski definition) is 7. The number of carbonyl (C=O) groups excluding carboxylic acids is 2. The van der Waals surface area contributed by atoms with Crippen molar-refractivity contribution >= 4 is 23.0 Å². The van der Waals surface area contributed by atoms with Crippen molar-refractivity contribution in [2.24, 2.45) is 0 Å². The Kier molecular flexibility index (Phi) is 5.42. The molecule has 1 aromatic heterocycles. The third kappa shape index (κ3) is 3.72. The molecule has 122 valence electrons. The van der Waals surface area contributed by atoms with Crippen LogP contribution in [0.2, 0.25) is 0 Å². The number of carbonyl (C=O) groups is 2. The zero-order chi connectivity index (χ0) is 16.8. The van der Waals surface area contributed by atoms with Gasteiger partial charge in [0.15, 0.2) is 5.69 Å². The topological polar surface area (TPSA) is 102 Å². The number of hydrogen-bond donors (Lipinski definition) is 0. The highest BCUT2D eigenvalue weighted by Gasteiger charge is 2.28. The Balaban J connectivity index is 2.45. The van der Waals surface area contributed by atoms with Gasteiger partial charge in [0.2, 0.25) is 5.52 Å². The van der Waals surface area contributed by atoms with Crippen molar-refractivity contribution in [1.82, 2.24) is 4.98 Å². The Hall–Kier alpha value is -2.74. The third-order valence-electron chi connectivity index (χ3n) is 2.93. The summed E-state index contributed by atoms with van der Waals surface area (Å²) < 4.78 is 14.9. The Bertz CT molecular complexity index is 731. The lowest BCUT2D eigenvalue weighted by Gasteiger charge is -2.11. The van der Waals surface area contributed by atoms with Crippen molar-refractivity contribution in [3.8, 4) is 0 Å². The zero-order valence-corrected chi connectivity index (χ0v) is 12.8. The first-order valence-corrected chi connectivity index (χ1v) is 6.91. The molecular formula is C15H16N2O6. The number of aromatic nitrogens is 2. The van der Waals surface area contributed by atoms with Crippen molar-refractivity contribution in [2.45, 2.75) is 13.5 Å². The smallest absolute Gasteiger partial charge is 0.407 e. The summed E-state index contributed by atoms with van der Waals surface area (Å²) in [6.45, 7) is 1.16. The van der Waals surface area contributed by atoms with Gasteiger partial charge in [-0.05, 0) is 13.0 Å². The van der Waals surface area contributed by atoms with E-state index in [-0.39, 0.29) is 36.7 Å². The summed E-state index contributed by atoms with van der Waals surface area (Å²) >= 11 is 0. The molecule has 0 saturated heterocycles. The number of nitrogens with zero attached hydrogens (tertiary/aromatic N) is 2. The van der Waals surface area contributed by atoms with E-state index in [0.29, 0.717) is 10.2 Å². The average Bonchev–Trinajstić information content (AvgIpc) is 2.53. The van der Waals surface area contributed by atoms with Crippen LogP contribution in [0.5, 0.6) is 0 Å². The number of ether oxygens (including phenoxy) is 3. The lowest BCUT2D eigenvalue weighted by atomic mass is 10.2. The van der Waals surface area contributed by atoms with Gasteiger partial charge < -0.3 is 19.4 Å². The number of rotatable bonds is 6. The van der Waals surface area contributed by atoms with Crippen LogP contribution in [0, 0.1) is 5.21 Å². The molecule has 0 spiro atoms. The third-order valence-corrected chi connectivity index (χ3v) is 2.93. The van der Waals surface area contributed by atoms with Crippen molar-refractivity contribution in [3.05, 3.63) is 40.9 Å². The van der Waals surface area contributed by atoms with Crippen molar-refractivity contribution in [1.29, 1.82) is 0 Å². The number of fused-ring (bicyclic) bond motifs is 1. The average molecular weight is 320 g/mol. The molecular weight excluding hydrogens is 304 g/mol. The van der Waals surface area contributed by atoms with Crippen molar-refractivity contribution in [3.63, 3.8) is 0 Å². The maximum absolute atomic E-state index is 12.4. The van der Waals surface area contributed by atoms with Gasteiger partial charge in [-0.25, -0.2) is 14.6 Å². The lowest BCUT2D eigenvalue weighted by molar-refractivity contribution is -0.581. The Morgan fingerprint density at radius 1 is 1.26 bits per heavy atom. The number of esters is 2. The molecule has 1 heterocycles. The van der Waals surface area contributed by atoms with E-state index in [1.807, 2.05) is 0 Å². The van der Waals surface area contributed by atoms with Gasteiger partial charge in [0.1, 0.15) is 18.7 Å². The van der Waals surface area contributed by atoms with Crippen LogP contribution in [-0.2, 0) is 25.6 Å². The largest absolute Gasteiger partial charge is 0.618 e. The Morgan fingerprint density at radius 2 is 2.00 bits per heavy atom. The number of benzene rings is 1. The van der Waals surface area contributed by atoms with E-state index in [1.54, 1.807) is 31.2 Å². The van der Waals surface area contributed by atoms with Crippen LogP contribution in [0.4, 0.5) is 0 Å². The normalized spacial score (nSPS) is 10.5. The Labute approximate surface area is 132 Å². The molecule has 0 amide bonds. The maximum Gasteiger partial charge on any atom is 0.407 e. The lowest BCUT2D eigenvalue weighted by Crippen LogP contribution is -2.39. The molecule has 23 heavy (non-hydrogen) atoms. The molecule has 0 bridgehead atoms. The van der Waals surface area contributed by atoms with Gasteiger partial charge in [-0.1, -0.05) is 12.1 Å².